The molecule has 1 aliphatic heterocycles. The summed E-state index contributed by atoms with van der Waals surface area (Å²) in [6, 6.07) is 0. The van der Waals surface area contributed by atoms with Crippen LogP contribution in [-0.4, -0.2) is 43.8 Å². The van der Waals surface area contributed by atoms with Crippen LogP contribution >= 0.6 is 0 Å². The maximum absolute atomic E-state index is 4.60. The van der Waals surface area contributed by atoms with Crippen LogP contribution in [0.2, 0.25) is 0 Å². The fraction of sp³-hybridized carbons (Fsp3) is 0.333. The topological polar surface area (TPSA) is 59.2 Å². The SMILES string of the molecule is C=Cn1cnc2c(/N=C3\CCCN3C)ncnc21. The van der Waals surface area contributed by atoms with Crippen molar-refractivity contribution >= 4 is 29.0 Å². The van der Waals surface area contributed by atoms with Gasteiger partial charge in [-0.2, -0.15) is 0 Å². The van der Waals surface area contributed by atoms with Gasteiger partial charge in [0.2, 0.25) is 0 Å². The van der Waals surface area contributed by atoms with E-state index >= 15 is 0 Å². The minimum absolute atomic E-state index is 0.629. The molecule has 3 rings (SSSR count). The largest absolute Gasteiger partial charge is 0.363 e. The number of fused-ring (bicyclic) bond motifs is 1. The van der Waals surface area contributed by atoms with Gasteiger partial charge in [-0.25, -0.2) is 19.9 Å². The smallest absolute Gasteiger partial charge is 0.185 e. The van der Waals surface area contributed by atoms with Crippen molar-refractivity contribution in [2.24, 2.45) is 4.99 Å². The molecule has 0 bridgehead atoms. The van der Waals surface area contributed by atoms with E-state index in [2.05, 4.69) is 31.4 Å². The summed E-state index contributed by atoms with van der Waals surface area (Å²) in [7, 11) is 2.05. The molecule has 0 aromatic carbocycles. The highest BCUT2D eigenvalue weighted by atomic mass is 15.2. The molecule has 0 spiro atoms. The molecule has 3 heterocycles. The molecule has 92 valence electrons. The molecular weight excluding hydrogens is 228 g/mol. The summed E-state index contributed by atoms with van der Waals surface area (Å²) < 4.78 is 1.76. The molecule has 0 saturated carbocycles. The number of aromatic nitrogens is 4. The van der Waals surface area contributed by atoms with Crippen LogP contribution < -0.4 is 0 Å². The van der Waals surface area contributed by atoms with Gasteiger partial charge in [-0.15, -0.1) is 0 Å². The van der Waals surface area contributed by atoms with Crippen LogP contribution in [0.1, 0.15) is 12.8 Å². The van der Waals surface area contributed by atoms with Crippen molar-refractivity contribution in [3.05, 3.63) is 19.2 Å². The molecule has 18 heavy (non-hydrogen) atoms. The zero-order chi connectivity index (χ0) is 12.5. The van der Waals surface area contributed by atoms with Crippen molar-refractivity contribution in [3.8, 4) is 0 Å². The second kappa shape index (κ2) is 4.21. The first-order valence-corrected chi connectivity index (χ1v) is 5.88. The Kier molecular flexibility index (Phi) is 2.55. The van der Waals surface area contributed by atoms with E-state index in [1.54, 1.807) is 17.1 Å². The van der Waals surface area contributed by atoms with Crippen molar-refractivity contribution in [1.29, 1.82) is 0 Å². The standard InChI is InChI=1S/C12H14N6/c1-3-18-8-15-10-11(13-7-14-12(10)18)16-9-5-4-6-17(9)2/h3,7-8H,1,4-6H2,2H3/b16-9+. The van der Waals surface area contributed by atoms with Crippen molar-refractivity contribution in [3.63, 3.8) is 0 Å². The van der Waals surface area contributed by atoms with Crippen molar-refractivity contribution in [2.75, 3.05) is 13.6 Å². The van der Waals surface area contributed by atoms with Gasteiger partial charge in [0, 0.05) is 26.2 Å². The Bertz CT molecular complexity index is 627. The predicted molar refractivity (Wildman–Crippen MR) is 70.7 cm³/mol. The zero-order valence-corrected chi connectivity index (χ0v) is 10.2. The molecule has 0 N–H and O–H groups in total. The number of nitrogens with zero attached hydrogens (tertiary/aromatic N) is 6. The van der Waals surface area contributed by atoms with Gasteiger partial charge in [-0.1, -0.05) is 6.58 Å². The van der Waals surface area contributed by atoms with Crippen molar-refractivity contribution in [2.45, 2.75) is 12.8 Å². The van der Waals surface area contributed by atoms with Gasteiger partial charge in [0.05, 0.1) is 0 Å². The third-order valence-corrected chi connectivity index (χ3v) is 3.11. The summed E-state index contributed by atoms with van der Waals surface area (Å²) in [4.78, 5) is 19.5. The van der Waals surface area contributed by atoms with Crippen LogP contribution in [0.15, 0.2) is 24.2 Å². The number of rotatable bonds is 2. The lowest BCUT2D eigenvalue weighted by Crippen LogP contribution is -2.18. The monoisotopic (exact) mass is 242 g/mol. The molecule has 0 aliphatic carbocycles. The van der Waals surface area contributed by atoms with Gasteiger partial charge in [0.1, 0.15) is 18.5 Å². The second-order valence-electron chi connectivity index (χ2n) is 4.26. The highest BCUT2D eigenvalue weighted by Crippen LogP contribution is 2.22. The summed E-state index contributed by atoms with van der Waals surface area (Å²) in [5, 5.41) is 0. The fourth-order valence-corrected chi connectivity index (χ4v) is 2.11. The average molecular weight is 242 g/mol. The molecule has 0 atom stereocenters. The summed E-state index contributed by atoms with van der Waals surface area (Å²) >= 11 is 0. The second-order valence-corrected chi connectivity index (χ2v) is 4.26. The molecule has 6 nitrogen and oxygen atoms in total. The van der Waals surface area contributed by atoms with E-state index in [0.717, 1.165) is 30.9 Å². The third kappa shape index (κ3) is 1.66. The first-order chi connectivity index (χ1) is 8.79. The van der Waals surface area contributed by atoms with E-state index in [1.165, 1.54) is 6.33 Å². The first-order valence-electron chi connectivity index (χ1n) is 5.88. The van der Waals surface area contributed by atoms with Crippen LogP contribution in [0.4, 0.5) is 5.82 Å². The molecule has 0 unspecified atom stereocenters. The van der Waals surface area contributed by atoms with E-state index in [0.29, 0.717) is 11.3 Å². The number of likely N-dealkylation sites (tertiary alicyclic amines) is 1. The Labute approximate surface area is 105 Å². The van der Waals surface area contributed by atoms with Gasteiger partial charge < -0.3 is 4.90 Å². The molecule has 1 fully saturated rings. The van der Waals surface area contributed by atoms with Gasteiger partial charge in [-0.05, 0) is 6.42 Å². The van der Waals surface area contributed by atoms with E-state index in [9.17, 15) is 0 Å². The lowest BCUT2D eigenvalue weighted by Gasteiger charge is -2.10. The Hall–Kier alpha value is -2.24. The molecule has 0 amide bonds. The van der Waals surface area contributed by atoms with E-state index in [1.807, 2.05) is 7.05 Å². The van der Waals surface area contributed by atoms with Crippen LogP contribution in [-0.2, 0) is 0 Å². The number of amidine groups is 1. The Balaban J connectivity index is 2.12. The highest BCUT2D eigenvalue weighted by molar-refractivity contribution is 5.90. The van der Waals surface area contributed by atoms with Crippen molar-refractivity contribution < 1.29 is 0 Å². The molecular formula is C12H14N6. The van der Waals surface area contributed by atoms with Crippen LogP contribution in [0.3, 0.4) is 0 Å². The van der Waals surface area contributed by atoms with Gasteiger partial charge in [0.25, 0.3) is 0 Å². The lowest BCUT2D eigenvalue weighted by molar-refractivity contribution is 0.550. The Morgan fingerprint density at radius 2 is 2.28 bits per heavy atom. The Morgan fingerprint density at radius 3 is 3.00 bits per heavy atom. The van der Waals surface area contributed by atoms with Crippen LogP contribution in [0.5, 0.6) is 0 Å². The zero-order valence-electron chi connectivity index (χ0n) is 10.2. The molecule has 2 aromatic heterocycles. The summed E-state index contributed by atoms with van der Waals surface area (Å²) in [6.45, 7) is 4.77. The van der Waals surface area contributed by atoms with E-state index in [4.69, 9.17) is 0 Å². The van der Waals surface area contributed by atoms with Crippen LogP contribution in [0, 0.1) is 0 Å². The number of imidazole rings is 1. The summed E-state index contributed by atoms with van der Waals surface area (Å²) in [5.41, 5.74) is 1.45. The van der Waals surface area contributed by atoms with Gasteiger partial charge in [0.15, 0.2) is 17.0 Å². The highest BCUT2D eigenvalue weighted by Gasteiger charge is 2.16. The number of hydrogen-bond acceptors (Lipinski definition) is 4. The number of aliphatic imine (C=N–C) groups is 1. The lowest BCUT2D eigenvalue weighted by atomic mass is 10.4. The van der Waals surface area contributed by atoms with Crippen LogP contribution in [0.25, 0.3) is 17.4 Å². The van der Waals surface area contributed by atoms with Gasteiger partial charge in [-0.3, -0.25) is 4.57 Å². The third-order valence-electron chi connectivity index (χ3n) is 3.11. The quantitative estimate of drug-likeness (QED) is 0.804. The normalized spacial score (nSPS) is 17.8. The average Bonchev–Trinajstić information content (AvgIpc) is 2.97. The van der Waals surface area contributed by atoms with E-state index in [-0.39, 0.29) is 0 Å². The molecule has 1 aliphatic rings. The fourth-order valence-electron chi connectivity index (χ4n) is 2.11. The van der Waals surface area contributed by atoms with Crippen molar-refractivity contribution in [1.82, 2.24) is 24.4 Å². The van der Waals surface area contributed by atoms with Gasteiger partial charge >= 0.3 is 0 Å². The molecule has 0 radical (unpaired) electrons. The van der Waals surface area contributed by atoms with E-state index < -0.39 is 0 Å². The summed E-state index contributed by atoms with van der Waals surface area (Å²) in [6.07, 6.45) is 6.99. The molecule has 6 heteroatoms. The molecule has 1 saturated heterocycles. The maximum Gasteiger partial charge on any atom is 0.185 e. The molecule has 2 aromatic rings. The predicted octanol–water partition coefficient (Wildman–Crippen LogP) is 1.68. The Morgan fingerprint density at radius 1 is 1.39 bits per heavy atom. The first kappa shape index (κ1) is 10.9. The summed E-state index contributed by atoms with van der Waals surface area (Å²) in [5.74, 6) is 1.69. The maximum atomic E-state index is 4.60. The number of hydrogen-bond donors (Lipinski definition) is 0. The minimum Gasteiger partial charge on any atom is -0.363 e. The minimum atomic E-state index is 0.629.